The molecule has 0 bridgehead atoms. The molecule has 1 heterocycles. The van der Waals surface area contributed by atoms with Gasteiger partial charge in [0.25, 0.3) is 5.56 Å². The molecular weight excluding hydrogens is 401 g/mol. The summed E-state index contributed by atoms with van der Waals surface area (Å²) in [5.41, 5.74) is 1.76. The minimum Gasteiger partial charge on any atom is -0.267 e. The lowest BCUT2D eigenvalue weighted by Gasteiger charge is -2.05. The first kappa shape index (κ1) is 18.9. The fourth-order valence-corrected chi connectivity index (χ4v) is 3.91. The molecule has 2 aromatic carbocycles. The van der Waals surface area contributed by atoms with Crippen molar-refractivity contribution >= 4 is 46.2 Å². The van der Waals surface area contributed by atoms with Gasteiger partial charge < -0.3 is 0 Å². The van der Waals surface area contributed by atoms with E-state index < -0.39 is 0 Å². The minimum atomic E-state index is -0.307. The number of nitriles is 2. The van der Waals surface area contributed by atoms with Gasteiger partial charge in [0.05, 0.1) is 20.3 Å². The van der Waals surface area contributed by atoms with Gasteiger partial charge in [-0.3, -0.25) is 9.36 Å². The molecule has 0 aliphatic heterocycles. The summed E-state index contributed by atoms with van der Waals surface area (Å²) in [6.45, 7) is 1.87. The molecule has 0 saturated heterocycles. The van der Waals surface area contributed by atoms with E-state index >= 15 is 0 Å². The number of hydrogen-bond acceptors (Lipinski definition) is 4. The summed E-state index contributed by atoms with van der Waals surface area (Å²) < 4.78 is 2.09. The predicted molar refractivity (Wildman–Crippen MR) is 109 cm³/mol. The molecule has 3 rings (SSSR count). The lowest BCUT2D eigenvalue weighted by atomic mass is 10.2. The maximum absolute atomic E-state index is 13.1. The number of halogens is 2. The normalized spacial score (nSPS) is 11.1. The van der Waals surface area contributed by atoms with Crippen LogP contribution >= 0.6 is 34.5 Å². The first-order chi connectivity index (χ1) is 13.0. The second kappa shape index (κ2) is 7.82. The Morgan fingerprint density at radius 2 is 1.81 bits per heavy atom. The second-order valence-corrected chi connectivity index (χ2v) is 7.46. The van der Waals surface area contributed by atoms with Crippen LogP contribution in [0.25, 0.3) is 17.3 Å². The van der Waals surface area contributed by atoms with Gasteiger partial charge in [0, 0.05) is 0 Å². The number of hydrogen-bond donors (Lipinski definition) is 0. The zero-order valence-electron chi connectivity index (χ0n) is 14.0. The largest absolute Gasteiger partial charge is 0.273 e. The van der Waals surface area contributed by atoms with Crippen molar-refractivity contribution in [3.8, 4) is 17.8 Å². The topological polar surface area (TPSA) is 69.6 Å². The number of nitrogens with zero attached hydrogens (tertiary/aromatic N) is 3. The Hall–Kier alpha value is -2.83. The number of aromatic nitrogens is 1. The van der Waals surface area contributed by atoms with Crippen LogP contribution in [0.15, 0.2) is 47.3 Å². The molecule has 0 aliphatic carbocycles. The highest BCUT2D eigenvalue weighted by molar-refractivity contribution is 7.07. The molecule has 0 spiro atoms. The highest BCUT2D eigenvalue weighted by atomic mass is 35.5. The van der Waals surface area contributed by atoms with E-state index in [0.717, 1.165) is 16.9 Å². The van der Waals surface area contributed by atoms with E-state index in [1.54, 1.807) is 36.4 Å². The second-order valence-electron chi connectivity index (χ2n) is 5.62. The Morgan fingerprint density at radius 1 is 1.11 bits per heavy atom. The molecule has 0 radical (unpaired) electrons. The SMILES string of the molecule is Cc1ccccc1-n1c(=C(C#N)C#N)sc(=Cc2ccc(Cl)c(Cl)c2)c1=O. The van der Waals surface area contributed by atoms with Gasteiger partial charge in [-0.2, -0.15) is 10.5 Å². The minimum absolute atomic E-state index is 0.117. The van der Waals surface area contributed by atoms with Gasteiger partial charge in [-0.25, -0.2) is 0 Å². The highest BCUT2D eigenvalue weighted by Crippen LogP contribution is 2.22. The quantitative estimate of drug-likeness (QED) is 0.647. The van der Waals surface area contributed by atoms with Crippen LogP contribution < -0.4 is 14.8 Å². The zero-order chi connectivity index (χ0) is 19.6. The molecule has 0 fully saturated rings. The van der Waals surface area contributed by atoms with Gasteiger partial charge >= 0.3 is 0 Å². The third-order valence-electron chi connectivity index (χ3n) is 3.86. The van der Waals surface area contributed by atoms with Crippen LogP contribution in [0.5, 0.6) is 0 Å². The van der Waals surface area contributed by atoms with Crippen LogP contribution in [0, 0.1) is 29.6 Å². The first-order valence-electron chi connectivity index (χ1n) is 7.75. The monoisotopic (exact) mass is 411 g/mol. The van der Waals surface area contributed by atoms with E-state index in [1.807, 2.05) is 31.2 Å². The summed E-state index contributed by atoms with van der Waals surface area (Å²) in [7, 11) is 0. The maximum atomic E-state index is 13.1. The fourth-order valence-electron chi connectivity index (χ4n) is 2.56. The Bertz CT molecular complexity index is 1290. The third kappa shape index (κ3) is 3.67. The van der Waals surface area contributed by atoms with Crippen LogP contribution in [0.3, 0.4) is 0 Å². The number of aryl methyl sites for hydroxylation is 1. The molecule has 0 unspecified atom stereocenters. The van der Waals surface area contributed by atoms with Gasteiger partial charge in [0.15, 0.2) is 5.57 Å². The van der Waals surface area contributed by atoms with E-state index in [0.29, 0.717) is 30.5 Å². The molecular formula is C20H11Cl2N3OS. The molecule has 1 aromatic heterocycles. The maximum Gasteiger partial charge on any atom is 0.273 e. The van der Waals surface area contributed by atoms with E-state index in [9.17, 15) is 15.3 Å². The molecule has 3 aromatic rings. The van der Waals surface area contributed by atoms with Crippen LogP contribution in [0.4, 0.5) is 0 Å². The van der Waals surface area contributed by atoms with E-state index in [1.165, 1.54) is 4.57 Å². The van der Waals surface area contributed by atoms with Gasteiger partial charge in [0.1, 0.15) is 16.8 Å². The fraction of sp³-hybridized carbons (Fsp3) is 0.0500. The average molecular weight is 412 g/mol. The highest BCUT2D eigenvalue weighted by Gasteiger charge is 2.12. The number of benzene rings is 2. The Labute approximate surface area is 169 Å². The summed E-state index contributed by atoms with van der Waals surface area (Å²) in [5.74, 6) is 0. The van der Waals surface area contributed by atoms with Crippen molar-refractivity contribution in [3.63, 3.8) is 0 Å². The van der Waals surface area contributed by atoms with Crippen LogP contribution in [-0.2, 0) is 0 Å². The molecule has 4 nitrogen and oxygen atoms in total. The molecule has 0 saturated carbocycles. The molecule has 0 aliphatic rings. The van der Waals surface area contributed by atoms with Crippen LogP contribution in [0.2, 0.25) is 10.0 Å². The van der Waals surface area contributed by atoms with Gasteiger partial charge in [-0.05, 0) is 42.3 Å². The average Bonchev–Trinajstić information content (AvgIpc) is 2.96. The van der Waals surface area contributed by atoms with E-state index in [2.05, 4.69) is 0 Å². The van der Waals surface area contributed by atoms with E-state index in [-0.39, 0.29) is 11.1 Å². The number of thiazole rings is 1. The lowest BCUT2D eigenvalue weighted by molar-refractivity contribution is 0.975. The summed E-state index contributed by atoms with van der Waals surface area (Å²) in [4.78, 5) is 13.1. The summed E-state index contributed by atoms with van der Waals surface area (Å²) in [6, 6.07) is 16.1. The zero-order valence-corrected chi connectivity index (χ0v) is 16.4. The van der Waals surface area contributed by atoms with Crippen molar-refractivity contribution in [3.05, 3.63) is 83.2 Å². The van der Waals surface area contributed by atoms with Crippen LogP contribution in [-0.4, -0.2) is 4.57 Å². The standard InChI is InChI=1S/C20H11Cl2N3OS/c1-12-4-2-3-5-17(12)25-19(26)18(27-20(25)14(10-23)11-24)9-13-6-7-15(21)16(22)8-13/h2-9H,1H3. The summed E-state index contributed by atoms with van der Waals surface area (Å²) in [5, 5.41) is 19.4. The first-order valence-corrected chi connectivity index (χ1v) is 9.32. The van der Waals surface area contributed by atoms with Crippen molar-refractivity contribution in [1.29, 1.82) is 10.5 Å². The van der Waals surface area contributed by atoms with E-state index in [4.69, 9.17) is 23.2 Å². The molecule has 132 valence electrons. The summed E-state index contributed by atoms with van der Waals surface area (Å²) in [6.07, 6.45) is 1.67. The Morgan fingerprint density at radius 3 is 2.44 bits per heavy atom. The van der Waals surface area contributed by atoms with Crippen LogP contribution in [0.1, 0.15) is 11.1 Å². The molecule has 0 N–H and O–H groups in total. The van der Waals surface area contributed by atoms with Gasteiger partial charge in [-0.1, -0.05) is 47.5 Å². The third-order valence-corrected chi connectivity index (χ3v) is 5.69. The van der Waals surface area contributed by atoms with Crippen molar-refractivity contribution in [1.82, 2.24) is 4.57 Å². The summed E-state index contributed by atoms with van der Waals surface area (Å²) >= 11 is 13.1. The van der Waals surface area contributed by atoms with Gasteiger partial charge in [0.2, 0.25) is 0 Å². The Kier molecular flexibility index (Phi) is 5.48. The molecule has 0 amide bonds. The smallest absolute Gasteiger partial charge is 0.267 e. The van der Waals surface area contributed by atoms with Crippen molar-refractivity contribution in [2.24, 2.45) is 0 Å². The predicted octanol–water partition coefficient (Wildman–Crippen LogP) is 3.54. The Balaban J connectivity index is 2.41. The lowest BCUT2D eigenvalue weighted by Crippen LogP contribution is -2.31. The van der Waals surface area contributed by atoms with Gasteiger partial charge in [-0.15, -0.1) is 11.3 Å². The molecule has 7 heteroatoms. The number of rotatable bonds is 2. The molecule has 27 heavy (non-hydrogen) atoms. The van der Waals surface area contributed by atoms with Crippen molar-refractivity contribution < 1.29 is 0 Å². The molecule has 0 atom stereocenters. The number of para-hydroxylation sites is 1. The van der Waals surface area contributed by atoms with Crippen molar-refractivity contribution in [2.45, 2.75) is 6.92 Å². The van der Waals surface area contributed by atoms with Crippen molar-refractivity contribution in [2.75, 3.05) is 0 Å².